The fourth-order valence-electron chi connectivity index (χ4n) is 5.35. The third kappa shape index (κ3) is 5.01. The van der Waals surface area contributed by atoms with Gasteiger partial charge in [0.2, 0.25) is 0 Å². The summed E-state index contributed by atoms with van der Waals surface area (Å²) in [6.45, 7) is 7.21. The average molecular weight is 487 g/mol. The maximum Gasteiger partial charge on any atom is 0.261 e. The van der Waals surface area contributed by atoms with E-state index in [0.29, 0.717) is 30.1 Å². The van der Waals surface area contributed by atoms with E-state index in [2.05, 4.69) is 30.9 Å². The minimum Gasteiger partial charge on any atom is -0.491 e. The van der Waals surface area contributed by atoms with Crippen LogP contribution in [-0.4, -0.2) is 65.6 Å². The number of aliphatic hydroxyl groups is 1. The van der Waals surface area contributed by atoms with Crippen molar-refractivity contribution in [2.45, 2.75) is 38.7 Å². The molecule has 2 aliphatic heterocycles. The van der Waals surface area contributed by atoms with Crippen molar-refractivity contribution in [2.75, 3.05) is 32.8 Å². The fraction of sp³-hybridized carbons (Fsp3) is 0.400. The second kappa shape index (κ2) is 10.4. The van der Waals surface area contributed by atoms with Crippen LogP contribution >= 0.6 is 0 Å². The third-order valence-corrected chi connectivity index (χ3v) is 7.46. The molecular weight excluding hydrogens is 452 g/mol. The Morgan fingerprint density at radius 1 is 0.917 bits per heavy atom. The summed E-state index contributed by atoms with van der Waals surface area (Å²) in [5.74, 6) is 1.11. The number of piperidine rings is 1. The van der Waals surface area contributed by atoms with Crippen molar-refractivity contribution in [3.05, 3.63) is 77.4 Å². The Bertz CT molecular complexity index is 1190. The highest BCUT2D eigenvalue weighted by Gasteiger charge is 2.34. The van der Waals surface area contributed by atoms with Gasteiger partial charge in [-0.3, -0.25) is 14.5 Å². The maximum absolute atomic E-state index is 13.2. The number of hydrogen-bond donors (Lipinski definition) is 1. The van der Waals surface area contributed by atoms with Gasteiger partial charge in [-0.15, -0.1) is 0 Å². The van der Waals surface area contributed by atoms with Gasteiger partial charge in [-0.2, -0.15) is 0 Å². The smallest absolute Gasteiger partial charge is 0.261 e. The molecule has 3 aromatic carbocycles. The molecule has 0 spiro atoms. The van der Waals surface area contributed by atoms with Gasteiger partial charge in [0.25, 0.3) is 11.8 Å². The predicted molar refractivity (Wildman–Crippen MR) is 141 cm³/mol. The lowest BCUT2D eigenvalue weighted by atomic mass is 9.91. The molecule has 0 bridgehead atoms. The molecule has 1 fully saturated rings. The molecule has 1 saturated heterocycles. The van der Waals surface area contributed by atoms with E-state index >= 15 is 0 Å². The molecule has 0 aliphatic carbocycles. The zero-order valence-electron chi connectivity index (χ0n) is 21.0. The normalized spacial score (nSPS) is 17.7. The zero-order valence-corrected chi connectivity index (χ0v) is 21.0. The quantitative estimate of drug-likeness (QED) is 0.467. The molecule has 188 valence electrons. The van der Waals surface area contributed by atoms with E-state index in [4.69, 9.17) is 4.74 Å². The Kier molecular flexibility index (Phi) is 7.08. The first-order valence-electron chi connectivity index (χ1n) is 12.9. The van der Waals surface area contributed by atoms with Crippen molar-refractivity contribution < 1.29 is 19.4 Å². The van der Waals surface area contributed by atoms with E-state index < -0.39 is 6.10 Å². The lowest BCUT2D eigenvalue weighted by Crippen LogP contribution is -2.46. The summed E-state index contributed by atoms with van der Waals surface area (Å²) in [7, 11) is 0. The minimum absolute atomic E-state index is 0.194. The van der Waals surface area contributed by atoms with Crippen LogP contribution in [0, 0.1) is 5.92 Å². The Balaban J connectivity index is 1.11. The molecule has 6 heteroatoms. The second-order valence-electron chi connectivity index (χ2n) is 10.4. The van der Waals surface area contributed by atoms with Crippen LogP contribution < -0.4 is 4.74 Å². The number of benzene rings is 3. The molecule has 5 rings (SSSR count). The molecule has 3 aromatic rings. The fourth-order valence-corrected chi connectivity index (χ4v) is 5.35. The first kappa shape index (κ1) is 24.5. The van der Waals surface area contributed by atoms with Crippen LogP contribution in [0.25, 0.3) is 10.8 Å². The summed E-state index contributed by atoms with van der Waals surface area (Å²) < 4.78 is 5.78. The van der Waals surface area contributed by atoms with E-state index in [1.54, 1.807) is 0 Å². The Labute approximate surface area is 212 Å². The summed E-state index contributed by atoms with van der Waals surface area (Å²) in [6.07, 6.45) is 1.19. The lowest BCUT2D eigenvalue weighted by Gasteiger charge is -2.36. The second-order valence-corrected chi connectivity index (χ2v) is 10.4. The number of amides is 2. The average Bonchev–Trinajstić information content (AvgIpc) is 2.89. The van der Waals surface area contributed by atoms with Crippen LogP contribution in [-0.2, 0) is 0 Å². The van der Waals surface area contributed by atoms with Gasteiger partial charge in [0.1, 0.15) is 18.5 Å². The van der Waals surface area contributed by atoms with Crippen LogP contribution in [0.1, 0.15) is 58.9 Å². The molecule has 2 heterocycles. The summed E-state index contributed by atoms with van der Waals surface area (Å²) >= 11 is 0. The highest BCUT2D eigenvalue weighted by atomic mass is 16.5. The molecule has 6 nitrogen and oxygen atoms in total. The molecule has 2 aliphatic rings. The molecule has 2 amide bonds. The maximum atomic E-state index is 13.2. The number of hydrogen-bond acceptors (Lipinski definition) is 5. The van der Waals surface area contributed by atoms with E-state index in [0.717, 1.165) is 42.5 Å². The Morgan fingerprint density at radius 3 is 2.11 bits per heavy atom. The van der Waals surface area contributed by atoms with Crippen molar-refractivity contribution in [1.29, 1.82) is 0 Å². The molecule has 0 radical (unpaired) electrons. The largest absolute Gasteiger partial charge is 0.491 e. The SMILES string of the molecule is CC(C)c1ccc(OC[C@@H](O)CN2CCC(CN3C(=O)c4cccc5cccc(c45)C3=O)CC2)cc1. The summed E-state index contributed by atoms with van der Waals surface area (Å²) in [5, 5.41) is 12.2. The van der Waals surface area contributed by atoms with Crippen molar-refractivity contribution in [3.8, 4) is 5.75 Å². The summed E-state index contributed by atoms with van der Waals surface area (Å²) in [4.78, 5) is 30.0. The molecule has 1 N–H and O–H groups in total. The first-order valence-corrected chi connectivity index (χ1v) is 12.9. The predicted octanol–water partition coefficient (Wildman–Crippen LogP) is 4.71. The number of β-amino-alcohol motifs (C(OH)–C–C–N with tert-alkyl or cyclic N) is 1. The summed E-state index contributed by atoms with van der Waals surface area (Å²) in [5.41, 5.74) is 2.49. The van der Waals surface area contributed by atoms with Crippen LogP contribution in [0.3, 0.4) is 0 Å². The minimum atomic E-state index is -0.575. The van der Waals surface area contributed by atoms with E-state index in [9.17, 15) is 14.7 Å². The number of imide groups is 1. The van der Waals surface area contributed by atoms with Crippen molar-refractivity contribution in [1.82, 2.24) is 9.80 Å². The van der Waals surface area contributed by atoms with Crippen LogP contribution in [0.4, 0.5) is 0 Å². The number of carbonyl (C=O) groups is 2. The lowest BCUT2D eigenvalue weighted by molar-refractivity contribution is 0.0453. The third-order valence-electron chi connectivity index (χ3n) is 7.46. The van der Waals surface area contributed by atoms with Crippen LogP contribution in [0.2, 0.25) is 0 Å². The van der Waals surface area contributed by atoms with Gasteiger partial charge in [0.15, 0.2) is 0 Å². The Morgan fingerprint density at radius 2 is 1.53 bits per heavy atom. The van der Waals surface area contributed by atoms with Crippen molar-refractivity contribution in [3.63, 3.8) is 0 Å². The number of carbonyl (C=O) groups excluding carboxylic acids is 2. The topological polar surface area (TPSA) is 70.1 Å². The van der Waals surface area contributed by atoms with Gasteiger partial charge >= 0.3 is 0 Å². The number of rotatable bonds is 8. The number of likely N-dealkylation sites (tertiary alicyclic amines) is 1. The molecule has 0 unspecified atom stereocenters. The Hall–Kier alpha value is -3.22. The standard InChI is InChI=1S/C30H34N2O4/c1-20(2)22-9-11-25(12-10-22)36-19-24(33)18-31-15-13-21(14-16-31)17-32-29(34)26-7-3-5-23-6-4-8-27(28(23)26)30(32)35/h3-12,20-21,24,33H,13-19H2,1-2H3/t24-/m0/s1. The number of nitrogens with zero attached hydrogens (tertiary/aromatic N) is 2. The van der Waals surface area contributed by atoms with Gasteiger partial charge in [-0.1, -0.05) is 50.2 Å². The van der Waals surface area contributed by atoms with Gasteiger partial charge in [0.05, 0.1) is 0 Å². The number of aliphatic hydroxyl groups excluding tert-OH is 1. The van der Waals surface area contributed by atoms with Crippen LogP contribution in [0.15, 0.2) is 60.7 Å². The van der Waals surface area contributed by atoms with Gasteiger partial charge in [-0.25, -0.2) is 0 Å². The summed E-state index contributed by atoms with van der Waals surface area (Å²) in [6, 6.07) is 19.3. The van der Waals surface area contributed by atoms with Gasteiger partial charge in [-0.05, 0) is 73.0 Å². The molecule has 1 atom stereocenters. The van der Waals surface area contributed by atoms with Gasteiger partial charge in [0, 0.05) is 29.6 Å². The zero-order chi connectivity index (χ0) is 25.2. The number of ether oxygens (including phenoxy) is 1. The molecular formula is C30H34N2O4. The van der Waals surface area contributed by atoms with E-state index in [1.165, 1.54) is 10.5 Å². The molecule has 0 saturated carbocycles. The first-order chi connectivity index (χ1) is 17.4. The molecule has 0 aromatic heterocycles. The van der Waals surface area contributed by atoms with Crippen molar-refractivity contribution >= 4 is 22.6 Å². The highest BCUT2D eigenvalue weighted by molar-refractivity contribution is 6.25. The highest BCUT2D eigenvalue weighted by Crippen LogP contribution is 2.31. The van der Waals surface area contributed by atoms with Gasteiger partial charge < -0.3 is 14.7 Å². The van der Waals surface area contributed by atoms with Crippen LogP contribution in [0.5, 0.6) is 5.75 Å². The van der Waals surface area contributed by atoms with E-state index in [1.807, 2.05) is 48.5 Å². The monoisotopic (exact) mass is 486 g/mol. The molecule has 36 heavy (non-hydrogen) atoms. The van der Waals surface area contributed by atoms with E-state index in [-0.39, 0.29) is 24.3 Å². The van der Waals surface area contributed by atoms with Crippen molar-refractivity contribution in [2.24, 2.45) is 5.92 Å².